The molecule has 56 valence electrons. The van der Waals surface area contributed by atoms with Crippen LogP contribution in [0, 0.1) is 0 Å². The quantitative estimate of drug-likeness (QED) is 0.648. The molecule has 2 unspecified atom stereocenters. The average molecular weight is 244 g/mol. The van der Waals surface area contributed by atoms with Crippen molar-refractivity contribution in [1.82, 2.24) is 0 Å². The summed E-state index contributed by atoms with van der Waals surface area (Å²) < 4.78 is 0. The molecule has 0 radical (unpaired) electrons. The Labute approximate surface area is 77.4 Å². The molecule has 0 saturated carbocycles. The lowest BCUT2D eigenvalue weighted by Crippen LogP contribution is -2.31. The van der Waals surface area contributed by atoms with Crippen molar-refractivity contribution in [1.29, 1.82) is 0 Å². The zero-order chi connectivity index (χ0) is 7.78. The summed E-state index contributed by atoms with van der Waals surface area (Å²) in [6, 6.07) is 0. The van der Waals surface area contributed by atoms with Crippen molar-refractivity contribution in [3.63, 3.8) is 0 Å². The van der Waals surface area contributed by atoms with Crippen LogP contribution in [0.15, 0.2) is 23.3 Å². The van der Waals surface area contributed by atoms with Gasteiger partial charge in [-0.3, -0.25) is 0 Å². The van der Waals surface area contributed by atoms with Gasteiger partial charge in [0.15, 0.2) is 5.06 Å². The zero-order valence-electron chi connectivity index (χ0n) is 4.89. The third kappa shape index (κ3) is 1.56. The van der Waals surface area contributed by atoms with Gasteiger partial charge < -0.3 is 5.11 Å². The highest BCUT2D eigenvalue weighted by Gasteiger charge is 2.33. The Bertz CT molecular complexity index is 198. The van der Waals surface area contributed by atoms with Crippen molar-refractivity contribution in [2.24, 2.45) is 0 Å². The Hall–Kier alpha value is 0.500. The van der Waals surface area contributed by atoms with E-state index >= 15 is 0 Å². The Morgan fingerprint density at radius 2 is 2.30 bits per heavy atom. The Kier molecular flexibility index (Phi) is 2.46. The van der Waals surface area contributed by atoms with Gasteiger partial charge in [0.05, 0.1) is 4.83 Å². The first-order valence-corrected chi connectivity index (χ1v) is 4.31. The second-order valence-electron chi connectivity index (χ2n) is 2.00. The maximum atomic E-state index is 9.32. The first-order chi connectivity index (χ1) is 4.54. The summed E-state index contributed by atoms with van der Waals surface area (Å²) in [5, 5.41) is 8.44. The second kappa shape index (κ2) is 2.86. The standard InChI is InChI=1S/C6H5BrCl2O/c7-5-4(8)2-1-3-6(5,9)10/h1-3,5,10H. The van der Waals surface area contributed by atoms with Crippen LogP contribution in [0.2, 0.25) is 0 Å². The van der Waals surface area contributed by atoms with Crippen LogP contribution in [0.25, 0.3) is 0 Å². The highest BCUT2D eigenvalue weighted by Crippen LogP contribution is 2.34. The molecule has 0 bridgehead atoms. The van der Waals surface area contributed by atoms with Crippen LogP contribution in [0.3, 0.4) is 0 Å². The van der Waals surface area contributed by atoms with Crippen LogP contribution >= 0.6 is 39.1 Å². The molecule has 0 spiro atoms. The minimum absolute atomic E-state index is 0.409. The number of hydrogen-bond acceptors (Lipinski definition) is 1. The maximum absolute atomic E-state index is 9.32. The molecule has 0 heterocycles. The van der Waals surface area contributed by atoms with Crippen molar-refractivity contribution in [3.05, 3.63) is 23.3 Å². The molecule has 0 aromatic rings. The number of aliphatic hydroxyl groups is 1. The van der Waals surface area contributed by atoms with Crippen LogP contribution in [-0.2, 0) is 0 Å². The van der Waals surface area contributed by atoms with Gasteiger partial charge in [-0.1, -0.05) is 45.2 Å². The number of rotatable bonds is 0. The highest BCUT2D eigenvalue weighted by atomic mass is 79.9. The van der Waals surface area contributed by atoms with Crippen molar-refractivity contribution < 1.29 is 5.11 Å². The summed E-state index contributed by atoms with van der Waals surface area (Å²) in [6.45, 7) is 0. The van der Waals surface area contributed by atoms with Crippen LogP contribution < -0.4 is 0 Å². The lowest BCUT2D eigenvalue weighted by Gasteiger charge is -2.24. The fourth-order valence-corrected chi connectivity index (χ4v) is 1.43. The average Bonchev–Trinajstić information content (AvgIpc) is 1.83. The summed E-state index contributed by atoms with van der Waals surface area (Å²) in [4.78, 5) is -0.409. The number of allylic oxidation sites excluding steroid dienone is 2. The normalized spacial score (nSPS) is 39.6. The molecule has 0 aliphatic heterocycles. The van der Waals surface area contributed by atoms with Gasteiger partial charge in [-0.25, -0.2) is 0 Å². The largest absolute Gasteiger partial charge is 0.370 e. The molecule has 1 N–H and O–H groups in total. The van der Waals surface area contributed by atoms with E-state index in [-0.39, 0.29) is 0 Å². The minimum atomic E-state index is -1.38. The van der Waals surface area contributed by atoms with Crippen LogP contribution in [-0.4, -0.2) is 15.0 Å². The van der Waals surface area contributed by atoms with Gasteiger partial charge in [-0.2, -0.15) is 0 Å². The third-order valence-electron chi connectivity index (χ3n) is 1.18. The molecular formula is C6H5BrCl2O. The van der Waals surface area contributed by atoms with Crippen molar-refractivity contribution in [3.8, 4) is 0 Å². The predicted octanol–water partition coefficient (Wildman–Crippen LogP) is 2.37. The fourth-order valence-electron chi connectivity index (χ4n) is 0.637. The summed E-state index contributed by atoms with van der Waals surface area (Å²) >= 11 is 14.4. The molecular weight excluding hydrogens is 239 g/mol. The van der Waals surface area contributed by atoms with Gasteiger partial charge in [-0.05, 0) is 12.2 Å². The van der Waals surface area contributed by atoms with E-state index in [1.165, 1.54) is 6.08 Å². The lowest BCUT2D eigenvalue weighted by molar-refractivity contribution is 0.187. The number of alkyl halides is 2. The fraction of sp³-hybridized carbons (Fsp3) is 0.333. The summed E-state index contributed by atoms with van der Waals surface area (Å²) in [5.74, 6) is 0. The van der Waals surface area contributed by atoms with Gasteiger partial charge in [-0.15, -0.1) is 0 Å². The van der Waals surface area contributed by atoms with E-state index in [1.807, 2.05) is 0 Å². The summed E-state index contributed by atoms with van der Waals surface area (Å²) in [7, 11) is 0. The first kappa shape index (κ1) is 8.60. The van der Waals surface area contributed by atoms with E-state index in [1.54, 1.807) is 12.2 Å². The Balaban J connectivity index is 2.89. The summed E-state index contributed by atoms with van der Waals surface area (Å²) in [5.41, 5.74) is 0. The number of hydrogen-bond donors (Lipinski definition) is 1. The molecule has 2 atom stereocenters. The predicted molar refractivity (Wildman–Crippen MR) is 46.6 cm³/mol. The van der Waals surface area contributed by atoms with Crippen LogP contribution in [0.4, 0.5) is 0 Å². The molecule has 1 aliphatic rings. The maximum Gasteiger partial charge on any atom is 0.175 e. The van der Waals surface area contributed by atoms with Crippen molar-refractivity contribution >= 4 is 39.1 Å². The molecule has 0 fully saturated rings. The van der Waals surface area contributed by atoms with Crippen LogP contribution in [0.1, 0.15) is 0 Å². The molecule has 1 nitrogen and oxygen atoms in total. The van der Waals surface area contributed by atoms with Crippen molar-refractivity contribution in [2.45, 2.75) is 9.89 Å². The molecule has 0 aromatic heterocycles. The molecule has 0 saturated heterocycles. The van der Waals surface area contributed by atoms with E-state index in [4.69, 9.17) is 23.2 Å². The van der Waals surface area contributed by atoms with E-state index in [0.717, 1.165) is 0 Å². The second-order valence-corrected chi connectivity index (χ2v) is 3.96. The van der Waals surface area contributed by atoms with E-state index < -0.39 is 9.89 Å². The topological polar surface area (TPSA) is 20.2 Å². The SMILES string of the molecule is OC1(Cl)C=CC=C(Cl)C1Br. The van der Waals surface area contributed by atoms with E-state index in [9.17, 15) is 5.11 Å². The van der Waals surface area contributed by atoms with Gasteiger partial charge in [0.25, 0.3) is 0 Å². The molecule has 10 heavy (non-hydrogen) atoms. The smallest absolute Gasteiger partial charge is 0.175 e. The Morgan fingerprint density at radius 1 is 1.70 bits per heavy atom. The Morgan fingerprint density at radius 3 is 2.70 bits per heavy atom. The molecule has 0 aromatic carbocycles. The van der Waals surface area contributed by atoms with Gasteiger partial charge in [0.1, 0.15) is 0 Å². The lowest BCUT2D eigenvalue weighted by atomic mass is 10.1. The van der Waals surface area contributed by atoms with E-state index in [2.05, 4.69) is 15.9 Å². The first-order valence-electron chi connectivity index (χ1n) is 2.64. The summed E-state index contributed by atoms with van der Waals surface area (Å²) in [6.07, 6.45) is 4.77. The van der Waals surface area contributed by atoms with Gasteiger partial charge in [0.2, 0.25) is 0 Å². The zero-order valence-corrected chi connectivity index (χ0v) is 7.99. The monoisotopic (exact) mass is 242 g/mol. The van der Waals surface area contributed by atoms with Gasteiger partial charge >= 0.3 is 0 Å². The number of halogens is 3. The van der Waals surface area contributed by atoms with Gasteiger partial charge in [0, 0.05) is 5.03 Å². The molecule has 1 rings (SSSR count). The molecule has 0 amide bonds. The van der Waals surface area contributed by atoms with E-state index in [0.29, 0.717) is 5.03 Å². The molecule has 1 aliphatic carbocycles. The van der Waals surface area contributed by atoms with Crippen LogP contribution in [0.5, 0.6) is 0 Å². The third-order valence-corrected chi connectivity index (χ3v) is 3.59. The highest BCUT2D eigenvalue weighted by molar-refractivity contribution is 9.09. The molecule has 4 heteroatoms. The van der Waals surface area contributed by atoms with Crippen molar-refractivity contribution in [2.75, 3.05) is 0 Å². The minimum Gasteiger partial charge on any atom is -0.370 e.